The quantitative estimate of drug-likeness (QED) is 0.503. The lowest BCUT2D eigenvalue weighted by Crippen LogP contribution is -2.05. The van der Waals surface area contributed by atoms with Gasteiger partial charge in [0.05, 0.1) is 5.52 Å². The number of para-hydroxylation sites is 1. The van der Waals surface area contributed by atoms with Gasteiger partial charge in [0.15, 0.2) is 5.70 Å². The van der Waals surface area contributed by atoms with E-state index in [0.29, 0.717) is 10.6 Å². The van der Waals surface area contributed by atoms with Crippen LogP contribution in [0.4, 0.5) is 0 Å². The van der Waals surface area contributed by atoms with Crippen molar-refractivity contribution in [3.05, 3.63) is 76.6 Å². The Hall–Kier alpha value is -3.18. The molecule has 128 valence electrons. The van der Waals surface area contributed by atoms with Crippen LogP contribution in [0.3, 0.4) is 0 Å². The average molecular weight is 365 g/mol. The number of halogens is 1. The molecule has 1 aliphatic rings. The van der Waals surface area contributed by atoms with Crippen LogP contribution in [0.5, 0.6) is 0 Å². The number of ether oxygens (including phenoxy) is 1. The first kappa shape index (κ1) is 16.3. The number of aromatic nitrogens is 1. The second-order valence-corrected chi connectivity index (χ2v) is 6.27. The van der Waals surface area contributed by atoms with Crippen LogP contribution in [0.2, 0.25) is 5.02 Å². The Labute approximate surface area is 154 Å². The Kier molecular flexibility index (Phi) is 3.93. The fourth-order valence-electron chi connectivity index (χ4n) is 2.88. The van der Waals surface area contributed by atoms with Gasteiger partial charge in [-0.05, 0) is 30.3 Å². The maximum absolute atomic E-state index is 12.2. The van der Waals surface area contributed by atoms with Crippen molar-refractivity contribution in [3.8, 4) is 0 Å². The van der Waals surface area contributed by atoms with Crippen molar-refractivity contribution in [3.63, 3.8) is 0 Å². The minimum atomic E-state index is -0.542. The Bertz CT molecular complexity index is 1130. The fraction of sp³-hybridized carbons (Fsp3) is 0.0500. The van der Waals surface area contributed by atoms with Crippen LogP contribution in [0.15, 0.2) is 65.4 Å². The van der Waals surface area contributed by atoms with Gasteiger partial charge in [-0.25, -0.2) is 9.79 Å². The lowest BCUT2D eigenvalue weighted by atomic mass is 10.1. The van der Waals surface area contributed by atoms with Crippen LogP contribution in [-0.2, 0) is 9.53 Å². The number of carbonyl (C=O) groups excluding carboxylic acids is 2. The molecule has 1 aromatic heterocycles. The first-order valence-corrected chi connectivity index (χ1v) is 8.30. The summed E-state index contributed by atoms with van der Waals surface area (Å²) >= 11 is 5.98. The van der Waals surface area contributed by atoms with Gasteiger partial charge in [-0.2, -0.15) is 0 Å². The van der Waals surface area contributed by atoms with Crippen molar-refractivity contribution >= 4 is 46.4 Å². The van der Waals surface area contributed by atoms with Crippen LogP contribution in [-0.4, -0.2) is 22.3 Å². The Morgan fingerprint density at radius 3 is 2.77 bits per heavy atom. The molecule has 6 heteroatoms. The molecule has 0 unspecified atom stereocenters. The van der Waals surface area contributed by atoms with E-state index < -0.39 is 5.97 Å². The molecule has 0 saturated carbocycles. The normalized spacial score (nSPS) is 15.4. The molecule has 0 saturated heterocycles. The van der Waals surface area contributed by atoms with Gasteiger partial charge in [-0.1, -0.05) is 35.9 Å². The lowest BCUT2D eigenvalue weighted by molar-refractivity contribution is -0.129. The van der Waals surface area contributed by atoms with Crippen molar-refractivity contribution in [2.45, 2.75) is 6.92 Å². The van der Waals surface area contributed by atoms with Crippen molar-refractivity contribution in [2.24, 2.45) is 4.99 Å². The number of hydrogen-bond acceptors (Lipinski definition) is 4. The van der Waals surface area contributed by atoms with Gasteiger partial charge in [0.2, 0.25) is 11.8 Å². The van der Waals surface area contributed by atoms with E-state index in [0.717, 1.165) is 16.5 Å². The minimum Gasteiger partial charge on any atom is -0.402 e. The number of fused-ring (bicyclic) bond motifs is 1. The molecule has 0 fully saturated rings. The first-order chi connectivity index (χ1) is 12.5. The molecule has 0 radical (unpaired) electrons. The summed E-state index contributed by atoms with van der Waals surface area (Å²) in [4.78, 5) is 28.4. The van der Waals surface area contributed by atoms with Crippen LogP contribution < -0.4 is 0 Å². The molecule has 26 heavy (non-hydrogen) atoms. The predicted octanol–water partition coefficient (Wildman–Crippen LogP) is 4.30. The highest BCUT2D eigenvalue weighted by atomic mass is 35.5. The number of aliphatic imine (C=N–C) groups is 1. The molecule has 0 aliphatic carbocycles. The molecule has 0 bridgehead atoms. The van der Waals surface area contributed by atoms with E-state index in [4.69, 9.17) is 16.3 Å². The molecule has 3 aromatic rings. The molecule has 5 nitrogen and oxygen atoms in total. The zero-order valence-corrected chi connectivity index (χ0v) is 14.5. The van der Waals surface area contributed by atoms with Crippen molar-refractivity contribution < 1.29 is 14.3 Å². The Morgan fingerprint density at radius 1 is 1.19 bits per heavy atom. The number of rotatable bonds is 2. The Balaban J connectivity index is 1.80. The van der Waals surface area contributed by atoms with E-state index in [-0.39, 0.29) is 17.5 Å². The monoisotopic (exact) mass is 364 g/mol. The average Bonchev–Trinajstić information content (AvgIpc) is 3.17. The van der Waals surface area contributed by atoms with Crippen LogP contribution in [0, 0.1) is 0 Å². The Morgan fingerprint density at radius 2 is 2.00 bits per heavy atom. The van der Waals surface area contributed by atoms with Gasteiger partial charge in [0.25, 0.3) is 0 Å². The number of carbonyl (C=O) groups is 2. The zero-order chi connectivity index (χ0) is 18.3. The summed E-state index contributed by atoms with van der Waals surface area (Å²) in [6.45, 7) is 1.49. The van der Waals surface area contributed by atoms with Gasteiger partial charge in [-0.3, -0.25) is 9.36 Å². The molecule has 2 aromatic carbocycles. The molecule has 0 N–H and O–H groups in total. The topological polar surface area (TPSA) is 60.7 Å². The summed E-state index contributed by atoms with van der Waals surface area (Å²) in [5.74, 6) is -0.443. The van der Waals surface area contributed by atoms with Gasteiger partial charge in [0.1, 0.15) is 0 Å². The van der Waals surface area contributed by atoms with Crippen LogP contribution in [0.25, 0.3) is 17.0 Å². The van der Waals surface area contributed by atoms with E-state index in [1.165, 1.54) is 6.92 Å². The maximum Gasteiger partial charge on any atom is 0.363 e. The second-order valence-electron chi connectivity index (χ2n) is 5.84. The van der Waals surface area contributed by atoms with E-state index in [1.807, 2.05) is 24.3 Å². The predicted molar refractivity (Wildman–Crippen MR) is 100 cm³/mol. The lowest BCUT2D eigenvalue weighted by Gasteiger charge is -1.98. The van der Waals surface area contributed by atoms with Crippen molar-refractivity contribution in [1.29, 1.82) is 0 Å². The van der Waals surface area contributed by atoms with E-state index >= 15 is 0 Å². The summed E-state index contributed by atoms with van der Waals surface area (Å²) in [5.41, 5.74) is 2.29. The SMILES string of the molecule is CC(=O)n1cc(/C=C2\N=C(c3cccc(Cl)c3)OC2=O)c2ccccc21. The number of cyclic esters (lactones) is 1. The number of nitrogens with zero attached hydrogens (tertiary/aromatic N) is 2. The highest BCUT2D eigenvalue weighted by Crippen LogP contribution is 2.26. The van der Waals surface area contributed by atoms with Gasteiger partial charge in [0, 0.05) is 34.7 Å². The second kappa shape index (κ2) is 6.28. The van der Waals surface area contributed by atoms with Gasteiger partial charge in [-0.15, -0.1) is 0 Å². The molecule has 0 amide bonds. The van der Waals surface area contributed by atoms with Crippen LogP contribution >= 0.6 is 11.6 Å². The third-order valence-electron chi connectivity index (χ3n) is 4.07. The summed E-state index contributed by atoms with van der Waals surface area (Å²) in [6.07, 6.45) is 3.32. The third kappa shape index (κ3) is 2.82. The van der Waals surface area contributed by atoms with E-state index in [2.05, 4.69) is 4.99 Å². The fourth-order valence-corrected chi connectivity index (χ4v) is 3.07. The highest BCUT2D eigenvalue weighted by Gasteiger charge is 2.25. The number of esters is 1. The first-order valence-electron chi connectivity index (χ1n) is 7.92. The van der Waals surface area contributed by atoms with Crippen LogP contribution in [0.1, 0.15) is 22.8 Å². The molecule has 4 rings (SSSR count). The third-order valence-corrected chi connectivity index (χ3v) is 4.30. The van der Waals surface area contributed by atoms with E-state index in [9.17, 15) is 9.59 Å². The largest absolute Gasteiger partial charge is 0.402 e. The molecule has 0 spiro atoms. The van der Waals surface area contributed by atoms with Crippen molar-refractivity contribution in [2.75, 3.05) is 0 Å². The molecular formula is C20H13ClN2O3. The maximum atomic E-state index is 12.2. The summed E-state index contributed by atoms with van der Waals surface area (Å²) in [5, 5.41) is 1.39. The van der Waals surface area contributed by atoms with Gasteiger partial charge >= 0.3 is 5.97 Å². The summed E-state index contributed by atoms with van der Waals surface area (Å²) < 4.78 is 6.81. The minimum absolute atomic E-state index is 0.108. The van der Waals surface area contributed by atoms with Crippen molar-refractivity contribution in [1.82, 2.24) is 4.57 Å². The smallest absolute Gasteiger partial charge is 0.363 e. The zero-order valence-electron chi connectivity index (χ0n) is 13.8. The molecule has 0 atom stereocenters. The summed E-state index contributed by atoms with van der Waals surface area (Å²) in [6, 6.07) is 14.4. The summed E-state index contributed by atoms with van der Waals surface area (Å²) in [7, 11) is 0. The molecular weight excluding hydrogens is 352 g/mol. The molecule has 1 aliphatic heterocycles. The number of benzene rings is 2. The van der Waals surface area contributed by atoms with E-state index in [1.54, 1.807) is 41.1 Å². The molecule has 2 heterocycles. The standard InChI is InChI=1S/C20H13ClN2O3/c1-12(24)23-11-14(16-7-2-3-8-18(16)23)10-17-20(25)26-19(22-17)13-5-4-6-15(21)9-13/h2-11H,1H3/b17-10-. The highest BCUT2D eigenvalue weighted by molar-refractivity contribution is 6.31. The van der Waals surface area contributed by atoms with Gasteiger partial charge < -0.3 is 4.74 Å². The number of hydrogen-bond donors (Lipinski definition) is 0.